The predicted molar refractivity (Wildman–Crippen MR) is 74.8 cm³/mol. The van der Waals surface area contributed by atoms with Crippen LogP contribution in [0.1, 0.15) is 11.5 Å². The van der Waals surface area contributed by atoms with Gasteiger partial charge < -0.3 is 4.52 Å². The summed E-state index contributed by atoms with van der Waals surface area (Å²) >= 11 is 0. The maximum atomic E-state index is 12.8. The quantitative estimate of drug-likeness (QED) is 0.716. The minimum atomic E-state index is -4.23. The largest absolute Gasteiger partial charge is 0.456 e. The summed E-state index contributed by atoms with van der Waals surface area (Å²) in [6.45, 7) is 2.93. The van der Waals surface area contributed by atoms with Gasteiger partial charge in [-0.3, -0.25) is 4.52 Å². The lowest BCUT2D eigenvalue weighted by Crippen LogP contribution is -2.25. The van der Waals surface area contributed by atoms with E-state index in [0.29, 0.717) is 9.54 Å². The van der Waals surface area contributed by atoms with Crippen molar-refractivity contribution in [2.45, 2.75) is 18.7 Å². The van der Waals surface area contributed by atoms with Gasteiger partial charge in [-0.05, 0) is 13.8 Å². The molecule has 0 atom stereocenters. The smallest absolute Gasteiger partial charge is 0.360 e. The lowest BCUT2D eigenvalue weighted by Gasteiger charge is -2.05. The third kappa shape index (κ3) is 2.06. The van der Waals surface area contributed by atoms with Gasteiger partial charge in [-0.2, -0.15) is 0 Å². The van der Waals surface area contributed by atoms with Gasteiger partial charge in [0.15, 0.2) is 10.7 Å². The third-order valence-corrected chi connectivity index (χ3v) is 4.97. The molecule has 3 rings (SSSR count). The average molecular weight is 321 g/mol. The fourth-order valence-electron chi connectivity index (χ4n) is 2.15. The first-order chi connectivity index (χ1) is 10.4. The minimum Gasteiger partial charge on any atom is -0.360 e. The van der Waals surface area contributed by atoms with E-state index in [1.54, 1.807) is 30.3 Å². The van der Waals surface area contributed by atoms with Crippen molar-refractivity contribution in [3.63, 3.8) is 0 Å². The normalized spacial score (nSPS) is 11.7. The van der Waals surface area contributed by atoms with Crippen molar-refractivity contribution >= 4 is 10.0 Å². The highest BCUT2D eigenvalue weighted by Gasteiger charge is 2.32. The van der Waals surface area contributed by atoms with Gasteiger partial charge in [0, 0.05) is 5.56 Å². The highest BCUT2D eigenvalue weighted by atomic mass is 32.2. The molecule has 2 aromatic heterocycles. The second kappa shape index (κ2) is 4.95. The summed E-state index contributed by atoms with van der Waals surface area (Å²) in [6, 6.07) is 8.39. The van der Waals surface area contributed by atoms with E-state index in [-0.39, 0.29) is 22.2 Å². The van der Waals surface area contributed by atoms with E-state index < -0.39 is 15.8 Å². The highest BCUT2D eigenvalue weighted by Crippen LogP contribution is 2.24. The summed E-state index contributed by atoms with van der Waals surface area (Å²) in [5.74, 6) is -1.12. The van der Waals surface area contributed by atoms with Crippen LogP contribution >= 0.6 is 0 Å². The van der Waals surface area contributed by atoms with Crippen LogP contribution in [0.3, 0.4) is 0 Å². The summed E-state index contributed by atoms with van der Waals surface area (Å²) in [5, 5.41) is 7.17. The standard InChI is InChI=1S/C13H11N3O5S/c1-8-11(9(2)20-14-8)22(18,19)16-12(15-21-13(16)17)10-6-4-3-5-7-10/h3-7H,1-2H3. The molecule has 0 saturated carbocycles. The summed E-state index contributed by atoms with van der Waals surface area (Å²) in [5.41, 5.74) is 0.591. The lowest BCUT2D eigenvalue weighted by molar-refractivity contribution is 0.384. The number of aromatic nitrogens is 3. The van der Waals surface area contributed by atoms with E-state index >= 15 is 0 Å². The zero-order valence-electron chi connectivity index (χ0n) is 11.7. The Morgan fingerprint density at radius 1 is 1.05 bits per heavy atom. The molecule has 0 aliphatic heterocycles. The second-order valence-corrected chi connectivity index (χ2v) is 6.28. The molecule has 22 heavy (non-hydrogen) atoms. The molecule has 0 aliphatic carbocycles. The molecule has 3 aromatic rings. The van der Waals surface area contributed by atoms with Gasteiger partial charge in [-0.15, -0.1) is 3.97 Å². The predicted octanol–water partition coefficient (Wildman–Crippen LogP) is 1.35. The Hall–Kier alpha value is -2.68. The molecule has 0 aliphatic rings. The van der Waals surface area contributed by atoms with Crippen molar-refractivity contribution < 1.29 is 17.5 Å². The molecule has 0 N–H and O–H groups in total. The zero-order valence-corrected chi connectivity index (χ0v) is 12.5. The van der Waals surface area contributed by atoms with Crippen molar-refractivity contribution in [2.75, 3.05) is 0 Å². The highest BCUT2D eigenvalue weighted by molar-refractivity contribution is 7.90. The Balaban J connectivity index is 2.30. The van der Waals surface area contributed by atoms with Crippen LogP contribution in [0, 0.1) is 13.8 Å². The first kappa shape index (κ1) is 14.3. The van der Waals surface area contributed by atoms with Crippen LogP contribution in [0.25, 0.3) is 11.4 Å². The topological polar surface area (TPSA) is 108 Å². The molecule has 0 saturated heterocycles. The van der Waals surface area contributed by atoms with Crippen LogP contribution < -0.4 is 5.76 Å². The first-order valence-corrected chi connectivity index (χ1v) is 7.69. The number of nitrogens with zero attached hydrogens (tertiary/aromatic N) is 3. The van der Waals surface area contributed by atoms with Crippen molar-refractivity contribution in [2.24, 2.45) is 0 Å². The van der Waals surface area contributed by atoms with E-state index in [1.807, 2.05) is 0 Å². The third-order valence-electron chi connectivity index (χ3n) is 3.07. The van der Waals surface area contributed by atoms with Gasteiger partial charge >= 0.3 is 5.76 Å². The SMILES string of the molecule is Cc1noc(C)c1S(=O)(=O)n1c(-c2ccccc2)noc1=O. The molecule has 9 heteroatoms. The Bertz CT molecular complexity index is 963. The number of aryl methyl sites for hydroxylation is 2. The molecule has 0 bridgehead atoms. The molecule has 1 aromatic carbocycles. The second-order valence-electron chi connectivity index (χ2n) is 4.56. The first-order valence-electron chi connectivity index (χ1n) is 6.25. The van der Waals surface area contributed by atoms with E-state index in [0.717, 1.165) is 0 Å². The Morgan fingerprint density at radius 2 is 1.73 bits per heavy atom. The van der Waals surface area contributed by atoms with E-state index in [4.69, 9.17) is 4.52 Å². The van der Waals surface area contributed by atoms with Gasteiger partial charge in [0.25, 0.3) is 10.0 Å². The summed E-state index contributed by atoms with van der Waals surface area (Å²) in [7, 11) is -4.23. The van der Waals surface area contributed by atoms with Crippen LogP contribution in [-0.4, -0.2) is 22.7 Å². The number of rotatable bonds is 3. The van der Waals surface area contributed by atoms with Gasteiger partial charge in [-0.1, -0.05) is 40.6 Å². The molecule has 8 nitrogen and oxygen atoms in total. The van der Waals surface area contributed by atoms with Crippen LogP contribution in [-0.2, 0) is 10.0 Å². The van der Waals surface area contributed by atoms with Crippen molar-refractivity contribution in [3.05, 3.63) is 52.3 Å². The van der Waals surface area contributed by atoms with Crippen LogP contribution in [0.5, 0.6) is 0 Å². The number of hydrogen-bond donors (Lipinski definition) is 0. The molecule has 114 valence electrons. The molecule has 2 heterocycles. The molecule has 0 amide bonds. The van der Waals surface area contributed by atoms with Crippen molar-refractivity contribution in [1.82, 2.24) is 14.3 Å². The van der Waals surface area contributed by atoms with Crippen LogP contribution in [0.4, 0.5) is 0 Å². The number of benzene rings is 1. The van der Waals surface area contributed by atoms with E-state index in [9.17, 15) is 13.2 Å². The minimum absolute atomic E-state index is 0.0876. The average Bonchev–Trinajstić information content (AvgIpc) is 3.03. The van der Waals surface area contributed by atoms with Gasteiger partial charge in [0.1, 0.15) is 5.69 Å². The summed E-state index contributed by atoms with van der Waals surface area (Å²) in [4.78, 5) is 11.7. The van der Waals surface area contributed by atoms with E-state index in [2.05, 4.69) is 14.8 Å². The summed E-state index contributed by atoms with van der Waals surface area (Å²) < 4.78 is 35.5. The Labute approximate surface area is 125 Å². The van der Waals surface area contributed by atoms with E-state index in [1.165, 1.54) is 13.8 Å². The maximum absolute atomic E-state index is 12.8. The molecular weight excluding hydrogens is 310 g/mol. The van der Waals surface area contributed by atoms with Crippen molar-refractivity contribution in [1.29, 1.82) is 0 Å². The number of hydrogen-bond acceptors (Lipinski definition) is 7. The molecule has 0 radical (unpaired) electrons. The Morgan fingerprint density at radius 3 is 2.32 bits per heavy atom. The van der Waals surface area contributed by atoms with Crippen LogP contribution in [0.2, 0.25) is 0 Å². The van der Waals surface area contributed by atoms with Crippen LogP contribution in [0.15, 0.2) is 49.1 Å². The fraction of sp³-hybridized carbons (Fsp3) is 0.154. The van der Waals surface area contributed by atoms with Crippen molar-refractivity contribution in [3.8, 4) is 11.4 Å². The maximum Gasteiger partial charge on any atom is 0.456 e. The van der Waals surface area contributed by atoms with Gasteiger partial charge in [0.2, 0.25) is 5.82 Å². The molecular formula is C13H11N3O5S. The lowest BCUT2D eigenvalue weighted by atomic mass is 10.2. The zero-order chi connectivity index (χ0) is 15.9. The molecule has 0 spiro atoms. The molecule has 0 unspecified atom stereocenters. The fourth-order valence-corrected chi connectivity index (χ4v) is 3.74. The molecule has 0 fully saturated rings. The Kier molecular flexibility index (Phi) is 3.21. The summed E-state index contributed by atoms with van der Waals surface area (Å²) in [6.07, 6.45) is 0. The monoisotopic (exact) mass is 321 g/mol. The van der Waals surface area contributed by atoms with Gasteiger partial charge in [-0.25, -0.2) is 13.2 Å². The van der Waals surface area contributed by atoms with Gasteiger partial charge in [0.05, 0.1) is 0 Å².